The molecular formula is C16H34N10O2S3. The number of nitrogens with zero attached hydrogens (tertiary/aromatic N) is 3. The molecule has 0 aliphatic carbocycles. The second kappa shape index (κ2) is 14.0. The SMILES string of the molecule is CN(SON)c1c(S(=O)NCCCN)ccc(N2CCC(N)CC2)c1/C(=N/N)NN.S. The first-order valence-electron chi connectivity index (χ1n) is 9.53. The van der Waals surface area contributed by atoms with Gasteiger partial charge in [-0.25, -0.2) is 25.0 Å². The lowest BCUT2D eigenvalue weighted by Gasteiger charge is -2.35. The third-order valence-electron chi connectivity index (χ3n) is 4.79. The Bertz CT molecular complexity index is 747. The van der Waals surface area contributed by atoms with Gasteiger partial charge in [-0.05, 0) is 37.9 Å². The van der Waals surface area contributed by atoms with E-state index in [9.17, 15) is 4.21 Å². The number of nitrogens with two attached hydrogens (primary N) is 5. The Hall–Kier alpha value is -1.30. The number of hydrazine groups is 1. The maximum Gasteiger partial charge on any atom is 0.171 e. The van der Waals surface area contributed by atoms with E-state index in [2.05, 4.69) is 20.1 Å². The van der Waals surface area contributed by atoms with Crippen molar-refractivity contribution in [3.63, 3.8) is 0 Å². The number of amidine groups is 1. The van der Waals surface area contributed by atoms with Crippen LogP contribution in [-0.4, -0.2) is 49.3 Å². The molecule has 1 saturated heterocycles. The average Bonchev–Trinajstić information content (AvgIpc) is 2.75. The van der Waals surface area contributed by atoms with Crippen molar-refractivity contribution in [2.45, 2.75) is 30.2 Å². The highest BCUT2D eigenvalue weighted by atomic mass is 32.2. The summed E-state index contributed by atoms with van der Waals surface area (Å²) in [5, 5.41) is 3.81. The summed E-state index contributed by atoms with van der Waals surface area (Å²) in [6.07, 6.45) is 2.39. The molecule has 178 valence electrons. The normalized spacial score (nSPS) is 16.0. The third-order valence-corrected chi connectivity index (χ3v) is 6.47. The second-order valence-corrected chi connectivity index (χ2v) is 8.88. The standard InChI is InChI=1S/C16H32N10O2S2.H2S/c1-25(29-28-21)15-13(30(27)22-8-2-7-17)4-3-12(14(15)16(23-19)24-20)26-9-5-11(18)6-10-26;/h3-4,11,22H,2,5-10,17-21H2,1H3,(H,23,24);1H2. The number of piperidine rings is 1. The van der Waals surface area contributed by atoms with Gasteiger partial charge in [-0.2, -0.15) is 18.6 Å². The Labute approximate surface area is 196 Å². The van der Waals surface area contributed by atoms with Gasteiger partial charge in [0.05, 0.1) is 21.8 Å². The first-order chi connectivity index (χ1) is 14.5. The van der Waals surface area contributed by atoms with Gasteiger partial charge in [0.15, 0.2) is 5.84 Å². The van der Waals surface area contributed by atoms with E-state index in [4.69, 9.17) is 33.3 Å². The van der Waals surface area contributed by atoms with Crippen molar-refractivity contribution in [1.29, 1.82) is 0 Å². The Morgan fingerprint density at radius 2 is 2.10 bits per heavy atom. The third kappa shape index (κ3) is 7.10. The minimum Gasteiger partial charge on any atom is -0.371 e. The van der Waals surface area contributed by atoms with Gasteiger partial charge in [0.1, 0.15) is 23.2 Å². The predicted octanol–water partition coefficient (Wildman–Crippen LogP) is -1.34. The summed E-state index contributed by atoms with van der Waals surface area (Å²) in [7, 11) is 0.203. The summed E-state index contributed by atoms with van der Waals surface area (Å²) >= 11 is 0.879. The molecule has 0 radical (unpaired) electrons. The van der Waals surface area contributed by atoms with Crippen LogP contribution < -0.4 is 48.4 Å². The topological polar surface area (TPSA) is 199 Å². The molecule has 0 amide bonds. The van der Waals surface area contributed by atoms with Gasteiger partial charge < -0.3 is 27.6 Å². The van der Waals surface area contributed by atoms with Crippen LogP contribution in [0.3, 0.4) is 0 Å². The van der Waals surface area contributed by atoms with E-state index in [1.165, 1.54) is 0 Å². The van der Waals surface area contributed by atoms with Crippen LogP contribution in [0.2, 0.25) is 0 Å². The van der Waals surface area contributed by atoms with Gasteiger partial charge in [-0.1, -0.05) is 0 Å². The molecule has 1 atom stereocenters. The summed E-state index contributed by atoms with van der Waals surface area (Å²) in [5.74, 6) is 16.9. The van der Waals surface area contributed by atoms with Crippen molar-refractivity contribution >= 4 is 53.9 Å². The van der Waals surface area contributed by atoms with Gasteiger partial charge in [-0.3, -0.25) is 4.31 Å². The molecule has 12 N–H and O–H groups in total. The van der Waals surface area contributed by atoms with Crippen LogP contribution in [0.1, 0.15) is 24.8 Å². The molecule has 0 aromatic heterocycles. The van der Waals surface area contributed by atoms with Crippen LogP contribution in [0.15, 0.2) is 22.1 Å². The fourth-order valence-electron chi connectivity index (χ4n) is 3.28. The van der Waals surface area contributed by atoms with Crippen molar-refractivity contribution in [3.05, 3.63) is 17.7 Å². The number of benzene rings is 1. The zero-order chi connectivity index (χ0) is 22.1. The molecule has 1 aromatic carbocycles. The van der Waals surface area contributed by atoms with Crippen LogP contribution >= 0.6 is 25.7 Å². The van der Waals surface area contributed by atoms with Crippen molar-refractivity contribution < 1.29 is 8.49 Å². The first kappa shape index (κ1) is 27.7. The highest BCUT2D eigenvalue weighted by molar-refractivity contribution is 7.96. The predicted molar refractivity (Wildman–Crippen MR) is 134 cm³/mol. The number of nitrogens with one attached hydrogen (secondary N) is 2. The number of rotatable bonds is 10. The van der Waals surface area contributed by atoms with Crippen molar-refractivity contribution in [1.82, 2.24) is 10.1 Å². The minimum atomic E-state index is -1.53. The Balaban J connectivity index is 0.00000480. The van der Waals surface area contributed by atoms with Crippen LogP contribution in [0, 0.1) is 0 Å². The molecule has 1 unspecified atom stereocenters. The summed E-state index contributed by atoms with van der Waals surface area (Å²) < 4.78 is 22.4. The van der Waals surface area contributed by atoms with Gasteiger partial charge in [0, 0.05) is 32.7 Å². The average molecular weight is 495 g/mol. The molecule has 1 aliphatic rings. The molecule has 15 heteroatoms. The zero-order valence-electron chi connectivity index (χ0n) is 17.5. The van der Waals surface area contributed by atoms with Crippen molar-refractivity contribution in [2.75, 3.05) is 42.4 Å². The van der Waals surface area contributed by atoms with Crippen LogP contribution in [-0.2, 0) is 15.3 Å². The van der Waals surface area contributed by atoms with Crippen LogP contribution in [0.4, 0.5) is 11.4 Å². The van der Waals surface area contributed by atoms with E-state index in [0.717, 1.165) is 43.8 Å². The van der Waals surface area contributed by atoms with E-state index < -0.39 is 11.0 Å². The molecular weight excluding hydrogens is 460 g/mol. The monoisotopic (exact) mass is 494 g/mol. The van der Waals surface area contributed by atoms with E-state index in [1.54, 1.807) is 17.4 Å². The molecule has 1 heterocycles. The molecule has 1 fully saturated rings. The molecule has 0 bridgehead atoms. The Kier molecular flexibility index (Phi) is 12.5. The molecule has 1 aliphatic heterocycles. The summed E-state index contributed by atoms with van der Waals surface area (Å²) in [4.78, 5) is 2.68. The van der Waals surface area contributed by atoms with Gasteiger partial charge >= 0.3 is 0 Å². The number of hydrazone groups is 1. The molecule has 1 aromatic rings. The molecule has 0 spiro atoms. The van der Waals surface area contributed by atoms with Crippen LogP contribution in [0.5, 0.6) is 0 Å². The summed E-state index contributed by atoms with van der Waals surface area (Å²) in [6, 6.07) is 3.85. The van der Waals surface area contributed by atoms with Gasteiger partial charge in [0.2, 0.25) is 0 Å². The maximum absolute atomic E-state index is 13.0. The lowest BCUT2D eigenvalue weighted by molar-refractivity contribution is 0.397. The highest BCUT2D eigenvalue weighted by Crippen LogP contribution is 2.38. The van der Waals surface area contributed by atoms with Gasteiger partial charge in [-0.15, -0.1) is 0 Å². The lowest BCUT2D eigenvalue weighted by atomic mass is 10.0. The van der Waals surface area contributed by atoms with E-state index in [1.807, 2.05) is 6.07 Å². The number of hydrogen-bond acceptors (Lipinski definition) is 11. The zero-order valence-corrected chi connectivity index (χ0v) is 20.2. The largest absolute Gasteiger partial charge is 0.371 e. The fourth-order valence-corrected chi connectivity index (χ4v) is 4.82. The van der Waals surface area contributed by atoms with E-state index >= 15 is 0 Å². The molecule has 2 rings (SSSR count). The van der Waals surface area contributed by atoms with Crippen LogP contribution in [0.25, 0.3) is 0 Å². The first-order valence-corrected chi connectivity index (χ1v) is 11.4. The molecule has 31 heavy (non-hydrogen) atoms. The number of hydrogen-bond donors (Lipinski definition) is 7. The Morgan fingerprint density at radius 1 is 1.42 bits per heavy atom. The second-order valence-electron chi connectivity index (χ2n) is 6.73. The maximum atomic E-state index is 13.0. The quantitative estimate of drug-likeness (QED) is 0.0386. The summed E-state index contributed by atoms with van der Waals surface area (Å²) in [6.45, 7) is 2.52. The number of anilines is 2. The highest BCUT2D eigenvalue weighted by Gasteiger charge is 2.28. The summed E-state index contributed by atoms with van der Waals surface area (Å²) in [5.41, 5.74) is 16.1. The Morgan fingerprint density at radius 3 is 2.65 bits per heavy atom. The fraction of sp³-hybridized carbons (Fsp3) is 0.562. The lowest BCUT2D eigenvalue weighted by Crippen LogP contribution is -2.42. The van der Waals surface area contributed by atoms with Crippen molar-refractivity contribution in [2.24, 2.45) is 34.2 Å². The smallest absolute Gasteiger partial charge is 0.171 e. The van der Waals surface area contributed by atoms with E-state index in [-0.39, 0.29) is 25.4 Å². The van der Waals surface area contributed by atoms with Gasteiger partial charge in [0.25, 0.3) is 0 Å². The minimum absolute atomic E-state index is 0. The molecule has 0 saturated carbocycles. The molecule has 12 nitrogen and oxygen atoms in total. The van der Waals surface area contributed by atoms with Crippen molar-refractivity contribution in [3.8, 4) is 0 Å². The van der Waals surface area contributed by atoms with E-state index in [0.29, 0.717) is 35.7 Å².